The van der Waals surface area contributed by atoms with Crippen LogP contribution in [-0.2, 0) is 15.1 Å². The molecule has 0 spiro atoms. The van der Waals surface area contributed by atoms with Crippen molar-refractivity contribution >= 4 is 33.6 Å². The highest BCUT2D eigenvalue weighted by Crippen LogP contribution is 2.39. The normalized spacial score (nSPS) is 17.1. The smallest absolute Gasteiger partial charge is 0.415 e. The molecule has 0 saturated carbocycles. The number of nitrogens with two attached hydrogens (primary N) is 1. The van der Waals surface area contributed by atoms with Gasteiger partial charge < -0.3 is 10.5 Å². The molecule has 0 radical (unpaired) electrons. The molecule has 1 aliphatic rings. The lowest BCUT2D eigenvalue weighted by atomic mass is 9.94. The summed E-state index contributed by atoms with van der Waals surface area (Å²) in [7, 11) is 0. The second kappa shape index (κ2) is 4.28. The monoisotopic (exact) mass is 312 g/mol. The van der Waals surface area contributed by atoms with E-state index < -0.39 is 17.6 Å². The molecular weight excluding hydrogens is 300 g/mol. The van der Waals surface area contributed by atoms with E-state index in [1.165, 1.54) is 4.90 Å². The number of nitrogens with zero attached hydrogens (tertiary/aromatic N) is 1. The molecule has 0 saturated heterocycles. The van der Waals surface area contributed by atoms with Gasteiger partial charge >= 0.3 is 6.09 Å². The molecule has 1 heterocycles. The molecule has 2 rings (SSSR count). The number of halogens is 1. The molecular formula is C12H13BrN2O3. The average molecular weight is 313 g/mol. The van der Waals surface area contributed by atoms with E-state index in [4.69, 9.17) is 10.5 Å². The van der Waals surface area contributed by atoms with E-state index in [0.717, 1.165) is 10.0 Å². The SMILES string of the molecule is CC1(C)OC(=O)N(CC(N)=O)c2ccc(Br)cc21. The van der Waals surface area contributed by atoms with Gasteiger partial charge in [0.05, 0.1) is 5.69 Å². The molecule has 96 valence electrons. The van der Waals surface area contributed by atoms with E-state index in [-0.39, 0.29) is 6.54 Å². The predicted molar refractivity (Wildman–Crippen MR) is 70.2 cm³/mol. The van der Waals surface area contributed by atoms with Crippen molar-refractivity contribution in [2.75, 3.05) is 11.4 Å². The Kier molecular flexibility index (Phi) is 3.06. The minimum absolute atomic E-state index is 0.191. The van der Waals surface area contributed by atoms with Crippen LogP contribution in [-0.4, -0.2) is 18.5 Å². The minimum Gasteiger partial charge on any atom is -0.438 e. The fourth-order valence-corrected chi connectivity index (χ4v) is 2.32. The van der Waals surface area contributed by atoms with E-state index in [1.54, 1.807) is 19.9 Å². The standard InChI is InChI=1S/C12H13BrN2O3/c1-12(2)8-5-7(13)3-4-9(8)15(6-10(14)16)11(17)18-12/h3-5H,6H2,1-2H3,(H2,14,16). The third kappa shape index (κ3) is 2.20. The number of hydrogen-bond acceptors (Lipinski definition) is 3. The number of carbonyl (C=O) groups excluding carboxylic acids is 2. The fraction of sp³-hybridized carbons (Fsp3) is 0.333. The van der Waals surface area contributed by atoms with Crippen LogP contribution in [0.4, 0.5) is 10.5 Å². The third-order valence-corrected chi connectivity index (χ3v) is 3.27. The van der Waals surface area contributed by atoms with Gasteiger partial charge in [-0.3, -0.25) is 9.69 Å². The van der Waals surface area contributed by atoms with Gasteiger partial charge in [-0.1, -0.05) is 15.9 Å². The van der Waals surface area contributed by atoms with Gasteiger partial charge in [0, 0.05) is 10.0 Å². The second-order valence-corrected chi connectivity index (χ2v) is 5.51. The van der Waals surface area contributed by atoms with Gasteiger partial charge in [-0.15, -0.1) is 0 Å². The number of anilines is 1. The molecule has 2 N–H and O–H groups in total. The molecule has 2 amide bonds. The summed E-state index contributed by atoms with van der Waals surface area (Å²) in [6.45, 7) is 3.42. The van der Waals surface area contributed by atoms with Gasteiger partial charge in [0.25, 0.3) is 0 Å². The zero-order valence-electron chi connectivity index (χ0n) is 10.1. The molecule has 0 aromatic heterocycles. The van der Waals surface area contributed by atoms with Gasteiger partial charge in [-0.25, -0.2) is 4.79 Å². The van der Waals surface area contributed by atoms with Crippen LogP contribution in [0.3, 0.4) is 0 Å². The zero-order chi connectivity index (χ0) is 13.5. The van der Waals surface area contributed by atoms with Gasteiger partial charge in [-0.05, 0) is 32.0 Å². The largest absolute Gasteiger partial charge is 0.438 e. The number of ether oxygens (including phenoxy) is 1. The first-order valence-electron chi connectivity index (χ1n) is 5.40. The van der Waals surface area contributed by atoms with Crippen LogP contribution >= 0.6 is 15.9 Å². The second-order valence-electron chi connectivity index (χ2n) is 4.59. The highest BCUT2D eigenvalue weighted by molar-refractivity contribution is 9.10. The summed E-state index contributed by atoms with van der Waals surface area (Å²) in [6.07, 6.45) is -0.561. The van der Waals surface area contributed by atoms with Crippen molar-refractivity contribution in [1.82, 2.24) is 0 Å². The number of carbonyl (C=O) groups is 2. The topological polar surface area (TPSA) is 72.6 Å². The first-order chi connectivity index (χ1) is 8.31. The van der Waals surface area contributed by atoms with Crippen molar-refractivity contribution in [2.24, 2.45) is 5.73 Å². The number of fused-ring (bicyclic) bond motifs is 1. The van der Waals surface area contributed by atoms with Crippen LogP contribution in [0.5, 0.6) is 0 Å². The van der Waals surface area contributed by atoms with Crippen LogP contribution in [0.1, 0.15) is 19.4 Å². The van der Waals surface area contributed by atoms with Gasteiger partial charge in [0.1, 0.15) is 12.1 Å². The summed E-state index contributed by atoms with van der Waals surface area (Å²) in [5, 5.41) is 0. The quantitative estimate of drug-likeness (QED) is 0.909. The molecule has 0 aliphatic carbocycles. The molecule has 1 aromatic rings. The van der Waals surface area contributed by atoms with Gasteiger partial charge in [0.2, 0.25) is 5.91 Å². The van der Waals surface area contributed by atoms with Crippen LogP contribution in [0.2, 0.25) is 0 Å². The summed E-state index contributed by atoms with van der Waals surface area (Å²) in [5.41, 5.74) is 5.89. The van der Waals surface area contributed by atoms with E-state index >= 15 is 0 Å². The number of hydrogen-bond donors (Lipinski definition) is 1. The lowest BCUT2D eigenvalue weighted by Gasteiger charge is -2.38. The summed E-state index contributed by atoms with van der Waals surface area (Å²) < 4.78 is 6.21. The Morgan fingerprint density at radius 2 is 2.17 bits per heavy atom. The molecule has 1 aliphatic heterocycles. The van der Waals surface area contributed by atoms with E-state index in [9.17, 15) is 9.59 Å². The maximum atomic E-state index is 11.9. The highest BCUT2D eigenvalue weighted by Gasteiger charge is 2.38. The Balaban J connectivity index is 2.55. The maximum absolute atomic E-state index is 11.9. The Morgan fingerprint density at radius 3 is 2.78 bits per heavy atom. The lowest BCUT2D eigenvalue weighted by Crippen LogP contribution is -2.46. The van der Waals surface area contributed by atoms with Crippen molar-refractivity contribution in [2.45, 2.75) is 19.4 Å². The number of rotatable bonds is 2. The number of amides is 2. The molecule has 0 fully saturated rings. The molecule has 0 atom stereocenters. The highest BCUT2D eigenvalue weighted by atomic mass is 79.9. The van der Waals surface area contributed by atoms with Crippen LogP contribution in [0.15, 0.2) is 22.7 Å². The molecule has 0 unspecified atom stereocenters. The van der Waals surface area contributed by atoms with Crippen molar-refractivity contribution < 1.29 is 14.3 Å². The van der Waals surface area contributed by atoms with Crippen molar-refractivity contribution in [3.8, 4) is 0 Å². The van der Waals surface area contributed by atoms with E-state index in [2.05, 4.69) is 15.9 Å². The summed E-state index contributed by atoms with van der Waals surface area (Å²) in [5.74, 6) is -0.583. The van der Waals surface area contributed by atoms with E-state index in [0.29, 0.717) is 5.69 Å². The summed E-state index contributed by atoms with van der Waals surface area (Å²) >= 11 is 3.38. The Hall–Kier alpha value is -1.56. The Labute approximate surface area is 113 Å². The lowest BCUT2D eigenvalue weighted by molar-refractivity contribution is -0.116. The molecule has 5 nitrogen and oxygen atoms in total. The molecule has 18 heavy (non-hydrogen) atoms. The first kappa shape index (κ1) is 12.9. The maximum Gasteiger partial charge on any atom is 0.415 e. The number of primary amides is 1. The predicted octanol–water partition coefficient (Wildman–Crippen LogP) is 2.13. The molecule has 1 aromatic carbocycles. The average Bonchev–Trinajstić information content (AvgIpc) is 2.23. The third-order valence-electron chi connectivity index (χ3n) is 2.77. The number of cyclic esters (lactones) is 1. The summed E-state index contributed by atoms with van der Waals surface area (Å²) in [4.78, 5) is 24.1. The van der Waals surface area contributed by atoms with Gasteiger partial charge in [0.15, 0.2) is 0 Å². The minimum atomic E-state index is -0.732. The number of benzene rings is 1. The zero-order valence-corrected chi connectivity index (χ0v) is 11.7. The van der Waals surface area contributed by atoms with Crippen LogP contribution in [0, 0.1) is 0 Å². The first-order valence-corrected chi connectivity index (χ1v) is 6.19. The van der Waals surface area contributed by atoms with Crippen molar-refractivity contribution in [3.63, 3.8) is 0 Å². The fourth-order valence-electron chi connectivity index (χ4n) is 1.96. The Morgan fingerprint density at radius 1 is 1.50 bits per heavy atom. The van der Waals surface area contributed by atoms with E-state index in [1.807, 2.05) is 12.1 Å². The molecule has 0 bridgehead atoms. The van der Waals surface area contributed by atoms with Gasteiger partial charge in [-0.2, -0.15) is 0 Å². The van der Waals surface area contributed by atoms with Crippen molar-refractivity contribution in [3.05, 3.63) is 28.2 Å². The Bertz CT molecular complexity index is 528. The summed E-state index contributed by atoms with van der Waals surface area (Å²) in [6, 6.07) is 5.45. The van der Waals surface area contributed by atoms with Crippen molar-refractivity contribution in [1.29, 1.82) is 0 Å². The van der Waals surface area contributed by atoms with Crippen LogP contribution in [0.25, 0.3) is 0 Å². The van der Waals surface area contributed by atoms with Crippen LogP contribution < -0.4 is 10.6 Å². The molecule has 6 heteroatoms.